The number of rotatable bonds is 2. The summed E-state index contributed by atoms with van der Waals surface area (Å²) in [6.07, 6.45) is 0. The van der Waals surface area contributed by atoms with Gasteiger partial charge in [-0.25, -0.2) is 4.98 Å². The van der Waals surface area contributed by atoms with E-state index in [4.69, 9.17) is 9.40 Å². The number of benzene rings is 6. The highest BCUT2D eigenvalue weighted by Gasteiger charge is 2.21. The molecule has 0 saturated heterocycles. The van der Waals surface area contributed by atoms with Crippen LogP contribution < -0.4 is 0 Å². The molecule has 0 aliphatic rings. The minimum Gasteiger partial charge on any atom is -0.455 e. The normalized spacial score (nSPS) is 12.1. The molecule has 0 spiro atoms. The number of fused-ring (bicyclic) bond motifs is 9. The number of aromatic nitrogens is 2. The zero-order chi connectivity index (χ0) is 25.5. The standard InChI is InChI=1S/C35H20N2OS/c1-2-10-22-19-23(18-17-21(22)9-1)27-20-31-33(32-26-13-5-8-16-30(26)38-34(27)32)36-35(39-31)37-28-14-6-3-11-24(28)25-12-4-7-15-29(25)37/h1-20H. The van der Waals surface area contributed by atoms with Crippen molar-refractivity contribution in [2.75, 3.05) is 0 Å². The fourth-order valence-electron chi connectivity index (χ4n) is 6.06. The van der Waals surface area contributed by atoms with E-state index < -0.39 is 0 Å². The fourth-order valence-corrected chi connectivity index (χ4v) is 7.10. The molecular formula is C35H20N2OS. The van der Waals surface area contributed by atoms with Gasteiger partial charge < -0.3 is 4.42 Å². The van der Waals surface area contributed by atoms with E-state index in [1.165, 1.54) is 32.6 Å². The maximum atomic E-state index is 6.56. The summed E-state index contributed by atoms with van der Waals surface area (Å²) >= 11 is 1.73. The second kappa shape index (κ2) is 7.79. The van der Waals surface area contributed by atoms with Gasteiger partial charge in [-0.1, -0.05) is 102 Å². The molecule has 9 rings (SSSR count). The third-order valence-corrected chi connectivity index (χ3v) is 8.81. The largest absolute Gasteiger partial charge is 0.455 e. The molecule has 0 unspecified atom stereocenters. The average molecular weight is 517 g/mol. The molecule has 0 aliphatic carbocycles. The van der Waals surface area contributed by atoms with Gasteiger partial charge in [0.2, 0.25) is 0 Å². The first-order valence-electron chi connectivity index (χ1n) is 13.1. The van der Waals surface area contributed by atoms with Gasteiger partial charge in [-0.2, -0.15) is 0 Å². The van der Waals surface area contributed by atoms with E-state index in [1.54, 1.807) is 11.3 Å². The molecule has 3 heterocycles. The van der Waals surface area contributed by atoms with Crippen molar-refractivity contribution >= 4 is 76.1 Å². The van der Waals surface area contributed by atoms with E-state index in [1.807, 2.05) is 12.1 Å². The van der Waals surface area contributed by atoms with Crippen molar-refractivity contribution in [3.8, 4) is 16.3 Å². The molecule has 39 heavy (non-hydrogen) atoms. The fraction of sp³-hybridized carbons (Fsp3) is 0. The Balaban J connectivity index is 1.40. The lowest BCUT2D eigenvalue weighted by molar-refractivity contribution is 0.670. The maximum absolute atomic E-state index is 6.56. The van der Waals surface area contributed by atoms with E-state index in [0.29, 0.717) is 0 Å². The first-order valence-corrected chi connectivity index (χ1v) is 13.9. The molecule has 0 N–H and O–H groups in total. The zero-order valence-electron chi connectivity index (χ0n) is 20.8. The van der Waals surface area contributed by atoms with Gasteiger partial charge in [0.25, 0.3) is 0 Å². The number of nitrogens with zero attached hydrogens (tertiary/aromatic N) is 2. The first kappa shape index (κ1) is 21.1. The Kier molecular flexibility index (Phi) is 4.21. The summed E-state index contributed by atoms with van der Waals surface area (Å²) in [4.78, 5) is 5.31. The third-order valence-electron chi connectivity index (χ3n) is 7.83. The molecular weight excluding hydrogens is 496 g/mol. The molecule has 3 nitrogen and oxygen atoms in total. The molecule has 0 amide bonds. The molecule has 0 aliphatic heterocycles. The predicted molar refractivity (Wildman–Crippen MR) is 164 cm³/mol. The SMILES string of the molecule is c1ccc2cc(-c3cc4sc(-n5c6ccccc6c6ccccc65)nc4c4c3oc3ccccc34)ccc2c1. The summed E-state index contributed by atoms with van der Waals surface area (Å²) in [6, 6.07) is 42.9. The Labute approximate surface area is 227 Å². The summed E-state index contributed by atoms with van der Waals surface area (Å²) in [5, 5.41) is 8.06. The molecule has 0 bridgehead atoms. The lowest BCUT2D eigenvalue weighted by atomic mass is 9.99. The van der Waals surface area contributed by atoms with Crippen LogP contribution >= 0.6 is 11.3 Å². The highest BCUT2D eigenvalue weighted by Crippen LogP contribution is 2.44. The number of thiazole rings is 1. The minimum atomic E-state index is 0.883. The van der Waals surface area contributed by atoms with E-state index in [-0.39, 0.29) is 0 Å². The van der Waals surface area contributed by atoms with E-state index >= 15 is 0 Å². The average Bonchev–Trinajstić information content (AvgIpc) is 3.67. The number of hydrogen-bond acceptors (Lipinski definition) is 3. The molecule has 6 aromatic carbocycles. The van der Waals surface area contributed by atoms with Crippen molar-refractivity contribution in [2.45, 2.75) is 0 Å². The zero-order valence-corrected chi connectivity index (χ0v) is 21.6. The van der Waals surface area contributed by atoms with Gasteiger partial charge in [0, 0.05) is 21.7 Å². The van der Waals surface area contributed by atoms with Crippen LogP contribution in [0.15, 0.2) is 126 Å². The summed E-state index contributed by atoms with van der Waals surface area (Å²) in [5.74, 6) is 0. The van der Waals surface area contributed by atoms with Crippen molar-refractivity contribution in [1.82, 2.24) is 9.55 Å². The quantitative estimate of drug-likeness (QED) is 0.229. The van der Waals surface area contributed by atoms with Crippen molar-refractivity contribution < 1.29 is 4.42 Å². The van der Waals surface area contributed by atoms with Crippen molar-refractivity contribution in [2.24, 2.45) is 0 Å². The Morgan fingerprint density at radius 1 is 0.615 bits per heavy atom. The second-order valence-electron chi connectivity index (χ2n) is 10.0. The van der Waals surface area contributed by atoms with Crippen LogP contribution in [0.3, 0.4) is 0 Å². The van der Waals surface area contributed by atoms with Gasteiger partial charge in [0.1, 0.15) is 11.2 Å². The predicted octanol–water partition coefficient (Wildman–Crippen LogP) is 10.1. The number of furan rings is 1. The van der Waals surface area contributed by atoms with Crippen molar-refractivity contribution in [3.05, 3.63) is 121 Å². The molecule has 9 aromatic rings. The molecule has 0 saturated carbocycles. The topological polar surface area (TPSA) is 31.0 Å². The summed E-state index contributed by atoms with van der Waals surface area (Å²) in [6.45, 7) is 0. The summed E-state index contributed by atoms with van der Waals surface area (Å²) < 4.78 is 10.0. The Morgan fingerprint density at radius 3 is 2.08 bits per heavy atom. The monoisotopic (exact) mass is 516 g/mol. The van der Waals surface area contributed by atoms with Crippen LogP contribution in [0.2, 0.25) is 0 Å². The number of para-hydroxylation sites is 3. The molecule has 0 atom stereocenters. The van der Waals surface area contributed by atoms with Crippen LogP contribution in [0, 0.1) is 0 Å². The van der Waals surface area contributed by atoms with Gasteiger partial charge >= 0.3 is 0 Å². The van der Waals surface area contributed by atoms with Gasteiger partial charge in [-0.15, -0.1) is 0 Å². The Hall–Kier alpha value is -4.93. The van der Waals surface area contributed by atoms with Gasteiger partial charge in [0.15, 0.2) is 5.13 Å². The lowest BCUT2D eigenvalue weighted by Crippen LogP contribution is -1.92. The van der Waals surface area contributed by atoms with Crippen LogP contribution in [0.5, 0.6) is 0 Å². The highest BCUT2D eigenvalue weighted by atomic mass is 32.1. The van der Waals surface area contributed by atoms with Gasteiger partial charge in [0.05, 0.1) is 26.6 Å². The van der Waals surface area contributed by atoms with E-state index in [0.717, 1.165) is 48.4 Å². The molecule has 182 valence electrons. The van der Waals surface area contributed by atoms with Gasteiger partial charge in [-0.05, 0) is 46.7 Å². The van der Waals surface area contributed by atoms with Crippen molar-refractivity contribution in [1.29, 1.82) is 0 Å². The highest BCUT2D eigenvalue weighted by molar-refractivity contribution is 7.21. The van der Waals surface area contributed by atoms with Crippen LogP contribution in [0.4, 0.5) is 0 Å². The van der Waals surface area contributed by atoms with E-state index in [9.17, 15) is 0 Å². The number of hydrogen-bond donors (Lipinski definition) is 0. The molecule has 0 fully saturated rings. The Morgan fingerprint density at radius 2 is 1.28 bits per heavy atom. The third kappa shape index (κ3) is 2.95. The minimum absolute atomic E-state index is 0.883. The molecule has 0 radical (unpaired) electrons. The van der Waals surface area contributed by atoms with Crippen LogP contribution in [-0.2, 0) is 0 Å². The van der Waals surface area contributed by atoms with Crippen molar-refractivity contribution in [3.63, 3.8) is 0 Å². The van der Waals surface area contributed by atoms with Crippen LogP contribution in [-0.4, -0.2) is 9.55 Å². The molecule has 3 aromatic heterocycles. The lowest BCUT2D eigenvalue weighted by Gasteiger charge is -2.06. The summed E-state index contributed by atoms with van der Waals surface area (Å²) in [7, 11) is 0. The maximum Gasteiger partial charge on any atom is 0.195 e. The second-order valence-corrected chi connectivity index (χ2v) is 11.0. The van der Waals surface area contributed by atoms with E-state index in [2.05, 4.69) is 114 Å². The van der Waals surface area contributed by atoms with Crippen LogP contribution in [0.25, 0.3) is 81.0 Å². The first-order chi connectivity index (χ1) is 19.3. The smallest absolute Gasteiger partial charge is 0.195 e. The molecule has 4 heteroatoms. The van der Waals surface area contributed by atoms with Gasteiger partial charge in [-0.3, -0.25) is 4.57 Å². The summed E-state index contributed by atoms with van der Waals surface area (Å²) in [5.41, 5.74) is 7.33. The Bertz CT molecular complexity index is 2350. The van der Waals surface area contributed by atoms with Crippen LogP contribution in [0.1, 0.15) is 0 Å².